The minimum atomic E-state index is -1.56. The number of rotatable bonds is 1. The molecule has 0 fully saturated rings. The van der Waals surface area contributed by atoms with Crippen LogP contribution in [0.5, 0.6) is 0 Å². The maximum Gasteiger partial charge on any atom is 0.263 e. The van der Waals surface area contributed by atoms with Crippen LogP contribution >= 0.6 is 33.7 Å². The molecule has 66 valence electrons. The minimum Gasteiger partial charge on any atom is -0.540 e. The lowest BCUT2D eigenvalue weighted by atomic mass is 10.4. The van der Waals surface area contributed by atoms with Gasteiger partial charge in [-0.15, -0.1) is 0 Å². The van der Waals surface area contributed by atoms with Gasteiger partial charge in [-0.25, -0.2) is 0 Å². The zero-order valence-corrected chi connectivity index (χ0v) is 8.19. The summed E-state index contributed by atoms with van der Waals surface area (Å²) in [5.74, 6) is -2.54. The number of hydrogen-bond acceptors (Lipinski definition) is 2. The molecule has 1 aromatic rings. The molecule has 0 aliphatic rings. The molecular weight excluding hydrogens is 226 g/mol. The first-order valence-corrected chi connectivity index (χ1v) is 5.18. The fourth-order valence-corrected chi connectivity index (χ4v) is 2.73. The molecule has 0 amide bonds. The number of carboxylic acids is 1. The average molecular weight is 229 g/mol. The van der Waals surface area contributed by atoms with Crippen molar-refractivity contribution in [2.45, 2.75) is 0 Å². The van der Waals surface area contributed by atoms with Crippen molar-refractivity contribution in [3.05, 3.63) is 20.1 Å². The van der Waals surface area contributed by atoms with Gasteiger partial charge in [0.2, 0.25) is 10.7 Å². The Labute approximate surface area is 80.5 Å². The van der Waals surface area contributed by atoms with E-state index in [1.54, 1.807) is 0 Å². The maximum atomic E-state index is 12.9. The Morgan fingerprint density at radius 3 is 2.25 bits per heavy atom. The van der Waals surface area contributed by atoms with E-state index in [1.165, 1.54) is 6.26 Å². The smallest absolute Gasteiger partial charge is 0.263 e. The molecular formula is C6H3Cl2FO2S. The molecule has 0 N–H and O–H groups in total. The highest BCUT2D eigenvalue weighted by atomic mass is 35.5. The summed E-state index contributed by atoms with van der Waals surface area (Å²) < 4.78 is 13.0. The van der Waals surface area contributed by atoms with Crippen molar-refractivity contribution in [3.8, 4) is 0 Å². The van der Waals surface area contributed by atoms with E-state index in [2.05, 4.69) is 0 Å². The number of carbonyl (C=O) groups is 1. The second kappa shape index (κ2) is 3.20. The molecule has 0 bridgehead atoms. The van der Waals surface area contributed by atoms with Gasteiger partial charge in [0, 0.05) is 10.5 Å². The SMILES string of the molecule is C[s+]1c(Cl)c(Cl)c(F)c1C(=O)[O-]. The van der Waals surface area contributed by atoms with Gasteiger partial charge < -0.3 is 9.90 Å². The van der Waals surface area contributed by atoms with Gasteiger partial charge in [0.05, 0.1) is 0 Å². The number of carboxylic acid groups (broad SMARTS) is 1. The molecule has 1 heterocycles. The third kappa shape index (κ3) is 1.30. The Bertz CT molecular complexity index is 322. The molecule has 1 atom stereocenters. The van der Waals surface area contributed by atoms with Gasteiger partial charge in [-0.2, -0.15) is 4.39 Å². The molecule has 0 spiro atoms. The molecule has 0 radical (unpaired) electrons. The highest BCUT2D eigenvalue weighted by Crippen LogP contribution is 2.42. The van der Waals surface area contributed by atoms with Crippen LogP contribution in [-0.2, 0) is 6.26 Å². The predicted octanol–water partition coefficient (Wildman–Crippen LogP) is 1.78. The standard InChI is InChI=1S/C6H3Cl2FO2S/c1-12-4(6(10)11)3(9)2(7)5(12)8/h1H3. The largest absolute Gasteiger partial charge is 0.540 e. The molecule has 1 rings (SSSR count). The van der Waals surface area contributed by atoms with Gasteiger partial charge in [0.1, 0.15) is 12.2 Å². The van der Waals surface area contributed by atoms with Gasteiger partial charge in [0.15, 0.2) is 5.02 Å². The number of carbonyl (C=O) groups excluding carboxylic acids is 1. The van der Waals surface area contributed by atoms with Gasteiger partial charge in [-0.1, -0.05) is 11.6 Å². The minimum absolute atomic E-state index is 0.0355. The first-order valence-electron chi connectivity index (χ1n) is 2.79. The van der Waals surface area contributed by atoms with Crippen molar-refractivity contribution in [1.82, 2.24) is 0 Å². The van der Waals surface area contributed by atoms with Crippen LogP contribution in [0.25, 0.3) is 0 Å². The van der Waals surface area contributed by atoms with Crippen molar-refractivity contribution in [1.29, 1.82) is 0 Å². The summed E-state index contributed by atoms with van der Waals surface area (Å²) in [6.07, 6.45) is 1.47. The van der Waals surface area contributed by atoms with Gasteiger partial charge in [-0.3, -0.25) is 0 Å². The van der Waals surface area contributed by atoms with E-state index >= 15 is 0 Å². The fourth-order valence-electron chi connectivity index (χ4n) is 0.759. The highest BCUT2D eigenvalue weighted by molar-refractivity contribution is 7.34. The summed E-state index contributed by atoms with van der Waals surface area (Å²) in [6, 6.07) is 0. The van der Waals surface area contributed by atoms with E-state index < -0.39 is 27.1 Å². The maximum absolute atomic E-state index is 12.9. The lowest BCUT2D eigenvalue weighted by molar-refractivity contribution is -0.254. The predicted molar refractivity (Wildman–Crippen MR) is 44.2 cm³/mol. The molecule has 12 heavy (non-hydrogen) atoms. The van der Waals surface area contributed by atoms with E-state index in [-0.39, 0.29) is 9.36 Å². The van der Waals surface area contributed by atoms with E-state index in [1.807, 2.05) is 0 Å². The number of aromatic carboxylic acids is 1. The Kier molecular flexibility index (Phi) is 2.61. The number of halogens is 3. The van der Waals surface area contributed by atoms with E-state index in [9.17, 15) is 14.3 Å². The van der Waals surface area contributed by atoms with Crippen molar-refractivity contribution < 1.29 is 14.3 Å². The van der Waals surface area contributed by atoms with Crippen LogP contribution in [0, 0.1) is 5.82 Å². The first-order chi connectivity index (χ1) is 5.46. The highest BCUT2D eigenvalue weighted by Gasteiger charge is 2.29. The third-order valence-corrected chi connectivity index (χ3v) is 4.47. The summed E-state index contributed by atoms with van der Waals surface area (Å²) in [5.41, 5.74) is 0. The van der Waals surface area contributed by atoms with Crippen LogP contribution in [0.3, 0.4) is 0 Å². The molecule has 0 aliphatic carbocycles. The van der Waals surface area contributed by atoms with E-state index in [0.717, 1.165) is 0 Å². The molecule has 1 unspecified atom stereocenters. The van der Waals surface area contributed by atoms with E-state index in [0.29, 0.717) is 0 Å². The molecule has 0 aliphatic heterocycles. The Balaban J connectivity index is 3.48. The van der Waals surface area contributed by atoms with Crippen LogP contribution in [0.4, 0.5) is 4.39 Å². The van der Waals surface area contributed by atoms with Gasteiger partial charge >= 0.3 is 0 Å². The summed E-state index contributed by atoms with van der Waals surface area (Å²) >= 11 is 10.9. The summed E-state index contributed by atoms with van der Waals surface area (Å²) in [4.78, 5) is 9.91. The van der Waals surface area contributed by atoms with Gasteiger partial charge in [0.25, 0.3) is 4.34 Å². The zero-order chi connectivity index (χ0) is 9.46. The van der Waals surface area contributed by atoms with Crippen molar-refractivity contribution in [2.75, 3.05) is 0 Å². The molecule has 2 nitrogen and oxygen atoms in total. The topological polar surface area (TPSA) is 40.1 Å². The normalized spacial score (nSPS) is 11.8. The van der Waals surface area contributed by atoms with Gasteiger partial charge in [-0.05, 0) is 11.6 Å². The average Bonchev–Trinajstić information content (AvgIpc) is 2.16. The second-order valence-corrected chi connectivity index (χ2v) is 4.85. The Morgan fingerprint density at radius 2 is 2.08 bits per heavy atom. The number of hydrogen-bond donors (Lipinski definition) is 0. The molecule has 0 saturated carbocycles. The monoisotopic (exact) mass is 228 g/mol. The van der Waals surface area contributed by atoms with Crippen molar-refractivity contribution in [3.63, 3.8) is 0 Å². The lowest BCUT2D eigenvalue weighted by Crippen LogP contribution is -2.22. The van der Waals surface area contributed by atoms with Crippen LogP contribution in [0.1, 0.15) is 9.67 Å². The molecule has 0 aromatic carbocycles. The molecule has 0 saturated heterocycles. The van der Waals surface area contributed by atoms with E-state index in [4.69, 9.17) is 23.2 Å². The quantitative estimate of drug-likeness (QED) is 0.688. The number of thiophene rings is 1. The molecule has 1 aromatic heterocycles. The summed E-state index contributed by atoms with van der Waals surface area (Å²) in [5, 5.41) is 10.0. The van der Waals surface area contributed by atoms with Crippen LogP contribution in [-0.4, -0.2) is 5.97 Å². The molecule has 6 heteroatoms. The lowest BCUT2D eigenvalue weighted by Gasteiger charge is -1.92. The summed E-state index contributed by atoms with van der Waals surface area (Å²) in [6.45, 7) is 0. The van der Waals surface area contributed by atoms with Crippen molar-refractivity contribution >= 4 is 39.6 Å². The van der Waals surface area contributed by atoms with Crippen molar-refractivity contribution in [2.24, 2.45) is 6.26 Å². The first kappa shape index (κ1) is 9.77. The fraction of sp³-hybridized carbons (Fsp3) is 0.167. The zero-order valence-electron chi connectivity index (χ0n) is 5.86. The van der Waals surface area contributed by atoms with Crippen LogP contribution in [0.2, 0.25) is 9.36 Å². The van der Waals surface area contributed by atoms with Crippen LogP contribution < -0.4 is 5.11 Å². The summed E-state index contributed by atoms with van der Waals surface area (Å²) in [7, 11) is -0.990. The second-order valence-electron chi connectivity index (χ2n) is 2.03. The van der Waals surface area contributed by atoms with Crippen LogP contribution in [0.15, 0.2) is 0 Å². The Hall–Kier alpha value is -0.320. The Morgan fingerprint density at radius 1 is 1.58 bits per heavy atom. The third-order valence-electron chi connectivity index (χ3n) is 1.33.